The van der Waals surface area contributed by atoms with Crippen molar-refractivity contribution >= 4 is 11.8 Å². The minimum absolute atomic E-state index is 0.00482. The summed E-state index contributed by atoms with van der Waals surface area (Å²) in [6, 6.07) is 17.7. The molecule has 0 aromatic heterocycles. The van der Waals surface area contributed by atoms with E-state index in [9.17, 15) is 9.59 Å². The summed E-state index contributed by atoms with van der Waals surface area (Å²) in [5.74, 6) is 0.577. The monoisotopic (exact) mass is 362 g/mol. The second-order valence-corrected chi connectivity index (χ2v) is 7.89. The van der Waals surface area contributed by atoms with Crippen LogP contribution in [0.15, 0.2) is 54.6 Å². The third-order valence-electron chi connectivity index (χ3n) is 5.73. The summed E-state index contributed by atoms with van der Waals surface area (Å²) >= 11 is 0. The Bertz CT molecular complexity index is 812. The lowest BCUT2D eigenvalue weighted by atomic mass is 9.88. The molecular weight excluding hydrogens is 336 g/mol. The number of carbonyl (C=O) groups excluding carboxylic acids is 2. The quantitative estimate of drug-likeness (QED) is 0.886. The number of hydrogen-bond acceptors (Lipinski definition) is 2. The number of nitrogens with one attached hydrogen (secondary N) is 1. The van der Waals surface area contributed by atoms with Crippen LogP contribution >= 0.6 is 0 Å². The first kappa shape index (κ1) is 17.8. The molecule has 1 aliphatic carbocycles. The number of benzene rings is 2. The molecule has 0 bridgehead atoms. The van der Waals surface area contributed by atoms with Crippen molar-refractivity contribution in [1.29, 1.82) is 0 Å². The van der Waals surface area contributed by atoms with Crippen LogP contribution in [-0.2, 0) is 4.79 Å². The van der Waals surface area contributed by atoms with Crippen molar-refractivity contribution in [3.8, 4) is 0 Å². The van der Waals surface area contributed by atoms with Crippen molar-refractivity contribution in [2.75, 3.05) is 19.6 Å². The van der Waals surface area contributed by atoms with Gasteiger partial charge in [0.25, 0.3) is 5.91 Å². The first-order chi connectivity index (χ1) is 13.1. The number of likely N-dealkylation sites (tertiary alicyclic amines) is 1. The van der Waals surface area contributed by atoms with Gasteiger partial charge in [-0.3, -0.25) is 9.59 Å². The lowest BCUT2D eigenvalue weighted by Crippen LogP contribution is -2.36. The summed E-state index contributed by atoms with van der Waals surface area (Å²) < 4.78 is 0. The minimum Gasteiger partial charge on any atom is -0.356 e. The standard InChI is InChI=1S/C23H26N2O2/c1-16-7-11-18(12-8-16)20-14-25(23(27)19-5-3-2-4-6-19)15-21(20)22(26)24-13-17-9-10-17/h2-8,11-12,17,20-21H,9-10,13-15H2,1H3,(H,24,26)/t20-,21-/m1/s1. The van der Waals surface area contributed by atoms with Crippen molar-refractivity contribution in [3.05, 3.63) is 71.3 Å². The van der Waals surface area contributed by atoms with Crippen LogP contribution in [0.5, 0.6) is 0 Å². The van der Waals surface area contributed by atoms with Crippen molar-refractivity contribution in [1.82, 2.24) is 10.2 Å². The first-order valence-electron chi connectivity index (χ1n) is 9.80. The summed E-state index contributed by atoms with van der Waals surface area (Å²) in [5, 5.41) is 3.12. The van der Waals surface area contributed by atoms with Gasteiger partial charge in [-0.25, -0.2) is 0 Å². The Balaban J connectivity index is 1.54. The van der Waals surface area contributed by atoms with Gasteiger partial charge in [-0.05, 0) is 43.4 Å². The van der Waals surface area contributed by atoms with E-state index in [0.29, 0.717) is 24.6 Å². The summed E-state index contributed by atoms with van der Waals surface area (Å²) in [5.41, 5.74) is 3.01. The zero-order chi connectivity index (χ0) is 18.8. The molecule has 1 saturated heterocycles. The van der Waals surface area contributed by atoms with Crippen LogP contribution < -0.4 is 5.32 Å². The molecule has 27 heavy (non-hydrogen) atoms. The third-order valence-corrected chi connectivity index (χ3v) is 5.73. The molecule has 140 valence electrons. The highest BCUT2D eigenvalue weighted by molar-refractivity contribution is 5.95. The summed E-state index contributed by atoms with van der Waals surface area (Å²) in [7, 11) is 0. The Labute approximate surface area is 160 Å². The lowest BCUT2D eigenvalue weighted by Gasteiger charge is -2.18. The van der Waals surface area contributed by atoms with E-state index in [-0.39, 0.29) is 23.7 Å². The molecule has 1 saturated carbocycles. The molecular formula is C23H26N2O2. The predicted octanol–water partition coefficient (Wildman–Crippen LogP) is 3.38. The molecule has 1 aliphatic heterocycles. The SMILES string of the molecule is Cc1ccc([C@H]2CN(C(=O)c3ccccc3)C[C@H]2C(=O)NCC2CC2)cc1. The molecule has 2 atom stereocenters. The molecule has 0 radical (unpaired) electrons. The van der Waals surface area contributed by atoms with Crippen molar-refractivity contribution in [2.24, 2.45) is 11.8 Å². The zero-order valence-electron chi connectivity index (χ0n) is 15.7. The number of hydrogen-bond donors (Lipinski definition) is 1. The van der Waals surface area contributed by atoms with Crippen molar-refractivity contribution in [2.45, 2.75) is 25.7 Å². The second-order valence-electron chi connectivity index (χ2n) is 7.89. The Morgan fingerprint density at radius 2 is 1.70 bits per heavy atom. The maximum absolute atomic E-state index is 12.9. The van der Waals surface area contributed by atoms with Crippen LogP contribution in [0.3, 0.4) is 0 Å². The van der Waals surface area contributed by atoms with Gasteiger partial charge in [0.05, 0.1) is 5.92 Å². The van der Waals surface area contributed by atoms with Crippen LogP contribution in [0.4, 0.5) is 0 Å². The minimum atomic E-state index is -0.195. The molecule has 2 aromatic carbocycles. The third kappa shape index (κ3) is 4.05. The van der Waals surface area contributed by atoms with Crippen molar-refractivity contribution in [3.63, 3.8) is 0 Å². The largest absolute Gasteiger partial charge is 0.356 e. The van der Waals surface area contributed by atoms with Crippen LogP contribution in [-0.4, -0.2) is 36.3 Å². The topological polar surface area (TPSA) is 49.4 Å². The Hall–Kier alpha value is -2.62. The van der Waals surface area contributed by atoms with Gasteiger partial charge in [0.1, 0.15) is 0 Å². The van der Waals surface area contributed by atoms with Gasteiger partial charge in [0.15, 0.2) is 0 Å². The molecule has 0 unspecified atom stereocenters. The Morgan fingerprint density at radius 1 is 1.00 bits per heavy atom. The molecule has 4 rings (SSSR count). The highest BCUT2D eigenvalue weighted by Crippen LogP contribution is 2.34. The number of rotatable bonds is 5. The Morgan fingerprint density at radius 3 is 2.37 bits per heavy atom. The van der Waals surface area contributed by atoms with E-state index in [4.69, 9.17) is 0 Å². The summed E-state index contributed by atoms with van der Waals surface area (Å²) in [4.78, 5) is 27.6. The van der Waals surface area contributed by atoms with E-state index < -0.39 is 0 Å². The van der Waals surface area contributed by atoms with Gasteiger partial charge in [0, 0.05) is 31.1 Å². The van der Waals surface area contributed by atoms with Crippen LogP contribution in [0.1, 0.15) is 40.2 Å². The number of amides is 2. The molecule has 2 fully saturated rings. The zero-order valence-corrected chi connectivity index (χ0v) is 15.7. The van der Waals surface area contributed by atoms with Crippen LogP contribution in [0.2, 0.25) is 0 Å². The molecule has 1 heterocycles. The van der Waals surface area contributed by atoms with E-state index in [1.165, 1.54) is 18.4 Å². The van der Waals surface area contributed by atoms with Gasteiger partial charge in [-0.1, -0.05) is 48.0 Å². The highest BCUT2D eigenvalue weighted by Gasteiger charge is 2.40. The predicted molar refractivity (Wildman–Crippen MR) is 105 cm³/mol. The molecule has 2 aromatic rings. The van der Waals surface area contributed by atoms with Gasteiger partial charge in [-0.15, -0.1) is 0 Å². The maximum atomic E-state index is 12.9. The van der Waals surface area contributed by atoms with Crippen LogP contribution in [0, 0.1) is 18.8 Å². The van der Waals surface area contributed by atoms with Gasteiger partial charge in [0.2, 0.25) is 5.91 Å². The molecule has 0 spiro atoms. The highest BCUT2D eigenvalue weighted by atomic mass is 16.2. The number of carbonyl (C=O) groups is 2. The fourth-order valence-electron chi connectivity index (χ4n) is 3.85. The number of nitrogens with zero attached hydrogens (tertiary/aromatic N) is 1. The van der Waals surface area contributed by atoms with Crippen molar-refractivity contribution < 1.29 is 9.59 Å². The lowest BCUT2D eigenvalue weighted by molar-refractivity contribution is -0.125. The van der Waals surface area contributed by atoms with Gasteiger partial charge < -0.3 is 10.2 Å². The fourth-order valence-corrected chi connectivity index (χ4v) is 3.85. The Kier molecular flexibility index (Phi) is 4.97. The molecule has 4 heteroatoms. The van der Waals surface area contributed by atoms with Gasteiger partial charge in [-0.2, -0.15) is 0 Å². The summed E-state index contributed by atoms with van der Waals surface area (Å²) in [6.07, 6.45) is 2.43. The van der Waals surface area contributed by atoms with E-state index in [0.717, 1.165) is 12.1 Å². The van der Waals surface area contributed by atoms with E-state index in [1.807, 2.05) is 35.2 Å². The molecule has 1 N–H and O–H groups in total. The first-order valence-corrected chi connectivity index (χ1v) is 9.80. The smallest absolute Gasteiger partial charge is 0.253 e. The fraction of sp³-hybridized carbons (Fsp3) is 0.391. The molecule has 2 aliphatic rings. The second kappa shape index (κ2) is 7.55. The van der Waals surface area contributed by atoms with E-state index in [2.05, 4.69) is 36.5 Å². The van der Waals surface area contributed by atoms with Gasteiger partial charge >= 0.3 is 0 Å². The van der Waals surface area contributed by atoms with E-state index >= 15 is 0 Å². The maximum Gasteiger partial charge on any atom is 0.253 e. The normalized spacial score (nSPS) is 21.9. The molecule has 2 amide bonds. The summed E-state index contributed by atoms with van der Waals surface area (Å²) in [6.45, 7) is 3.88. The molecule has 4 nitrogen and oxygen atoms in total. The average molecular weight is 362 g/mol. The van der Waals surface area contributed by atoms with Crippen LogP contribution in [0.25, 0.3) is 0 Å². The number of aryl methyl sites for hydroxylation is 1. The average Bonchev–Trinajstić information content (AvgIpc) is 3.43. The van der Waals surface area contributed by atoms with E-state index in [1.54, 1.807) is 0 Å².